The van der Waals surface area contributed by atoms with Crippen molar-refractivity contribution in [1.29, 1.82) is 0 Å². The summed E-state index contributed by atoms with van der Waals surface area (Å²) in [6, 6.07) is 28.9. The monoisotopic (exact) mass is 603 g/mol. The van der Waals surface area contributed by atoms with Crippen LogP contribution in [0.1, 0.15) is 51.3 Å². The normalized spacial score (nSPS) is 29.5. The maximum Gasteiger partial charge on any atom is 0.342 e. The Balaban J connectivity index is 1.42. The van der Waals surface area contributed by atoms with Crippen molar-refractivity contribution in [1.82, 2.24) is 0 Å². The summed E-state index contributed by atoms with van der Waals surface area (Å²) in [5.74, 6) is -1.70. The second kappa shape index (κ2) is 13.5. The zero-order chi connectivity index (χ0) is 31.4. The Morgan fingerprint density at radius 2 is 1.25 bits per heavy atom. The number of hydrogen-bond acceptors (Lipinski definition) is 8. The third kappa shape index (κ3) is 7.07. The van der Waals surface area contributed by atoms with Crippen molar-refractivity contribution in [3.05, 3.63) is 108 Å². The highest BCUT2D eigenvalue weighted by Crippen LogP contribution is 2.46. The van der Waals surface area contributed by atoms with Crippen molar-refractivity contribution in [3.8, 4) is 0 Å². The highest BCUT2D eigenvalue weighted by molar-refractivity contribution is 5.82. The first-order valence-electron chi connectivity index (χ1n) is 15.3. The molecule has 7 atom stereocenters. The maximum absolute atomic E-state index is 13.5. The molecule has 2 saturated heterocycles. The van der Waals surface area contributed by atoms with Gasteiger partial charge in [0.2, 0.25) is 5.79 Å². The molecule has 236 valence electrons. The molecule has 0 unspecified atom stereocenters. The molecule has 0 spiro atoms. The summed E-state index contributed by atoms with van der Waals surface area (Å²) in [4.78, 5) is 13.5. The molecule has 2 N–H and O–H groups in total. The van der Waals surface area contributed by atoms with Crippen molar-refractivity contribution in [2.45, 2.75) is 96.3 Å². The average molecular weight is 604 g/mol. The molecule has 44 heavy (non-hydrogen) atoms. The standard InChI is InChI=1S/C36H45NO7/c1-34(2,3)36(5)43-33(38)35(4,44-36)32(37)31-30(41-23-27-19-13-8-14-20-27)29(40-22-26-17-11-7-12-18-26)28(42-31)24-39-21-25-15-9-6-10-16-25/h6-20,28-32H,21-24,37H2,1-5H3/t28-,29-,30+,31+,32-,35-,36-/m1/s1. The summed E-state index contributed by atoms with van der Waals surface area (Å²) in [6.07, 6.45) is -2.45. The highest BCUT2D eigenvalue weighted by atomic mass is 16.8. The SMILES string of the molecule is CC(C)(C)[C@]1(C)OC(=O)[C@@](C)([C@H](N)[C@H]2O[C@H](COCc3ccccc3)[C@@H](OCc3ccccc3)[C@@H]2OCc2ccccc2)O1. The van der Waals surface area contributed by atoms with E-state index in [-0.39, 0.29) is 6.61 Å². The zero-order valence-corrected chi connectivity index (χ0v) is 26.3. The number of hydrogen-bond donors (Lipinski definition) is 1. The molecule has 0 amide bonds. The maximum atomic E-state index is 13.5. The Hall–Kier alpha value is -3.11. The van der Waals surface area contributed by atoms with Crippen LogP contribution in [-0.2, 0) is 53.0 Å². The van der Waals surface area contributed by atoms with Crippen LogP contribution in [0.2, 0.25) is 0 Å². The second-order valence-corrected chi connectivity index (χ2v) is 13.0. The summed E-state index contributed by atoms with van der Waals surface area (Å²) >= 11 is 0. The number of esters is 1. The number of cyclic esters (lactones) is 1. The van der Waals surface area contributed by atoms with Crippen molar-refractivity contribution in [3.63, 3.8) is 0 Å². The highest BCUT2D eigenvalue weighted by Gasteiger charge is 2.64. The van der Waals surface area contributed by atoms with Gasteiger partial charge in [-0.3, -0.25) is 0 Å². The predicted molar refractivity (Wildman–Crippen MR) is 166 cm³/mol. The lowest BCUT2D eigenvalue weighted by Gasteiger charge is -2.39. The van der Waals surface area contributed by atoms with Crippen LogP contribution >= 0.6 is 0 Å². The van der Waals surface area contributed by atoms with Crippen LogP contribution in [0.5, 0.6) is 0 Å². The molecule has 2 heterocycles. The molecule has 2 fully saturated rings. The van der Waals surface area contributed by atoms with Gasteiger partial charge in [0.25, 0.3) is 0 Å². The van der Waals surface area contributed by atoms with E-state index in [9.17, 15) is 4.79 Å². The Bertz CT molecular complexity index is 1350. The molecule has 2 aliphatic rings. The van der Waals surface area contributed by atoms with Crippen LogP contribution in [0.4, 0.5) is 0 Å². The van der Waals surface area contributed by atoms with Gasteiger partial charge in [-0.15, -0.1) is 0 Å². The average Bonchev–Trinajstić information content (AvgIpc) is 3.49. The molecular weight excluding hydrogens is 558 g/mol. The second-order valence-electron chi connectivity index (χ2n) is 13.0. The lowest BCUT2D eigenvalue weighted by Crippen LogP contribution is -2.60. The fourth-order valence-corrected chi connectivity index (χ4v) is 5.54. The molecule has 2 aliphatic heterocycles. The molecule has 0 bridgehead atoms. The quantitative estimate of drug-likeness (QED) is 0.269. The van der Waals surface area contributed by atoms with Gasteiger partial charge in [0, 0.05) is 12.3 Å². The Morgan fingerprint density at radius 1 is 0.773 bits per heavy atom. The first kappa shape index (κ1) is 32.3. The van der Waals surface area contributed by atoms with Gasteiger partial charge >= 0.3 is 5.97 Å². The van der Waals surface area contributed by atoms with Crippen molar-refractivity contribution in [2.24, 2.45) is 11.1 Å². The van der Waals surface area contributed by atoms with Crippen LogP contribution in [0, 0.1) is 5.41 Å². The van der Waals surface area contributed by atoms with Gasteiger partial charge in [0.15, 0.2) is 5.60 Å². The van der Waals surface area contributed by atoms with Crippen LogP contribution in [0.15, 0.2) is 91.0 Å². The first-order valence-corrected chi connectivity index (χ1v) is 15.3. The molecular formula is C36H45NO7. The van der Waals surface area contributed by atoms with E-state index < -0.39 is 53.2 Å². The Morgan fingerprint density at radius 3 is 1.73 bits per heavy atom. The van der Waals surface area contributed by atoms with Gasteiger partial charge in [0.1, 0.15) is 24.4 Å². The van der Waals surface area contributed by atoms with Crippen LogP contribution in [0.25, 0.3) is 0 Å². The fourth-order valence-electron chi connectivity index (χ4n) is 5.54. The van der Waals surface area contributed by atoms with E-state index >= 15 is 0 Å². The minimum atomic E-state index is -1.48. The van der Waals surface area contributed by atoms with Gasteiger partial charge in [-0.05, 0) is 23.6 Å². The van der Waals surface area contributed by atoms with E-state index in [1.165, 1.54) is 0 Å². The summed E-state index contributed by atoms with van der Waals surface area (Å²) in [6.45, 7) is 10.6. The third-order valence-corrected chi connectivity index (χ3v) is 8.76. The van der Waals surface area contributed by atoms with Gasteiger partial charge in [-0.25, -0.2) is 4.79 Å². The molecule has 5 rings (SSSR count). The van der Waals surface area contributed by atoms with Crippen molar-refractivity contribution >= 4 is 5.97 Å². The third-order valence-electron chi connectivity index (χ3n) is 8.76. The molecule has 0 radical (unpaired) electrons. The number of nitrogens with two attached hydrogens (primary N) is 1. The summed E-state index contributed by atoms with van der Waals surface area (Å²) < 4.78 is 38.2. The summed E-state index contributed by atoms with van der Waals surface area (Å²) in [5.41, 5.74) is 8.04. The number of rotatable bonds is 12. The van der Waals surface area contributed by atoms with E-state index in [2.05, 4.69) is 0 Å². The van der Waals surface area contributed by atoms with E-state index in [1.807, 2.05) is 112 Å². The van der Waals surface area contributed by atoms with E-state index in [0.29, 0.717) is 19.8 Å². The lowest BCUT2D eigenvalue weighted by atomic mass is 9.86. The topological polar surface area (TPSA) is 98.5 Å². The van der Waals surface area contributed by atoms with Crippen LogP contribution in [-0.4, -0.2) is 54.4 Å². The minimum Gasteiger partial charge on any atom is -0.431 e. The molecule has 8 heteroatoms. The molecule has 0 aliphatic carbocycles. The number of carbonyl (C=O) groups is 1. The lowest BCUT2D eigenvalue weighted by molar-refractivity contribution is -0.237. The van der Waals surface area contributed by atoms with Gasteiger partial charge in [-0.1, -0.05) is 112 Å². The van der Waals surface area contributed by atoms with Crippen LogP contribution < -0.4 is 5.73 Å². The van der Waals surface area contributed by atoms with Gasteiger partial charge in [-0.2, -0.15) is 0 Å². The zero-order valence-electron chi connectivity index (χ0n) is 26.3. The smallest absolute Gasteiger partial charge is 0.342 e. The van der Waals surface area contributed by atoms with Gasteiger partial charge < -0.3 is 34.2 Å². The molecule has 0 saturated carbocycles. The fraction of sp³-hybridized carbons (Fsp3) is 0.472. The van der Waals surface area contributed by atoms with Crippen LogP contribution in [0.3, 0.4) is 0 Å². The Labute approximate surface area is 260 Å². The molecule has 3 aromatic carbocycles. The molecule has 0 aromatic heterocycles. The number of benzene rings is 3. The van der Waals surface area contributed by atoms with E-state index in [0.717, 1.165) is 16.7 Å². The molecule has 3 aromatic rings. The predicted octanol–water partition coefficient (Wildman–Crippen LogP) is 5.56. The van der Waals surface area contributed by atoms with E-state index in [4.69, 9.17) is 34.2 Å². The van der Waals surface area contributed by atoms with Gasteiger partial charge in [0.05, 0.1) is 32.5 Å². The Kier molecular flexibility index (Phi) is 9.89. The number of ether oxygens (including phenoxy) is 6. The first-order chi connectivity index (χ1) is 21.0. The molecule has 8 nitrogen and oxygen atoms in total. The van der Waals surface area contributed by atoms with Crippen molar-refractivity contribution in [2.75, 3.05) is 6.61 Å². The van der Waals surface area contributed by atoms with E-state index in [1.54, 1.807) is 13.8 Å². The minimum absolute atomic E-state index is 0.241. The van der Waals surface area contributed by atoms with Crippen molar-refractivity contribution < 1.29 is 33.2 Å². The summed E-state index contributed by atoms with van der Waals surface area (Å²) in [5, 5.41) is 0. The summed E-state index contributed by atoms with van der Waals surface area (Å²) in [7, 11) is 0. The largest absolute Gasteiger partial charge is 0.431 e. The number of carbonyl (C=O) groups excluding carboxylic acids is 1.